The number of thioether (sulfide) groups is 2. The second kappa shape index (κ2) is 10.7. The third-order valence-corrected chi connectivity index (χ3v) is 8.76. The maximum Gasteiger partial charge on any atom is 0.256 e. The SMILES string of the molecule is CCC1=c2[nH]c3c(c2=CCC1)CCOC3(CC)CC(=O)SCCSC(=O)c1c[n+](=O)c(C)c[nH]1. The van der Waals surface area contributed by atoms with Crippen LogP contribution in [0.4, 0.5) is 0 Å². The average Bonchev–Trinajstić information content (AvgIpc) is 3.23. The zero-order valence-corrected chi connectivity index (χ0v) is 21.6. The molecule has 182 valence electrons. The molecule has 0 bridgehead atoms. The largest absolute Gasteiger partial charge is 0.368 e. The van der Waals surface area contributed by atoms with Crippen LogP contribution in [0.5, 0.6) is 0 Å². The van der Waals surface area contributed by atoms with Crippen LogP contribution in [-0.4, -0.2) is 38.3 Å². The van der Waals surface area contributed by atoms with Gasteiger partial charge in [0.15, 0.2) is 10.8 Å². The first kappa shape index (κ1) is 25.0. The van der Waals surface area contributed by atoms with Crippen LogP contribution in [0, 0.1) is 11.8 Å². The Kier molecular flexibility index (Phi) is 7.84. The lowest BCUT2D eigenvalue weighted by Gasteiger charge is -2.36. The zero-order valence-electron chi connectivity index (χ0n) is 20.0. The fourth-order valence-corrected chi connectivity index (χ4v) is 6.49. The molecule has 0 saturated carbocycles. The molecule has 7 nitrogen and oxygen atoms in total. The summed E-state index contributed by atoms with van der Waals surface area (Å²) in [6.07, 6.45) is 10.2. The van der Waals surface area contributed by atoms with Crippen LogP contribution in [0.25, 0.3) is 11.6 Å². The number of hydrogen-bond acceptors (Lipinski definition) is 6. The van der Waals surface area contributed by atoms with Gasteiger partial charge in [0.2, 0.25) is 5.12 Å². The third kappa shape index (κ3) is 4.97. The first-order valence-electron chi connectivity index (χ1n) is 11.9. The standard InChI is InChI=1S/C25H32N3O4S2/c1-4-17-7-6-8-18-19-9-10-32-25(5-2,23(19)27-22(17)18)13-21(29)33-11-12-34-24(30)20-15-28(31)16(3)14-26-20/h8,14-15,27H,4-7,9-13H2,1-3H3,(H,26,31)/q+1. The molecule has 0 saturated heterocycles. The van der Waals surface area contributed by atoms with Crippen LogP contribution in [0.15, 0.2) is 12.4 Å². The molecular formula is C25H32N3O4S2+. The van der Waals surface area contributed by atoms with E-state index < -0.39 is 5.60 Å². The summed E-state index contributed by atoms with van der Waals surface area (Å²) in [5.41, 5.74) is 3.97. The molecular weight excluding hydrogens is 470 g/mol. The first-order valence-corrected chi connectivity index (χ1v) is 13.9. The highest BCUT2D eigenvalue weighted by atomic mass is 32.2. The van der Waals surface area contributed by atoms with Crippen molar-refractivity contribution in [3.05, 3.63) is 50.5 Å². The molecule has 2 aliphatic rings. The highest BCUT2D eigenvalue weighted by Crippen LogP contribution is 2.38. The van der Waals surface area contributed by atoms with Crippen molar-refractivity contribution < 1.29 is 18.8 Å². The Morgan fingerprint density at radius 2 is 2.00 bits per heavy atom. The fraction of sp³-hybridized carbons (Fsp3) is 0.520. The fourth-order valence-electron chi connectivity index (χ4n) is 4.80. The number of carbonyl (C=O) groups is 2. The number of H-pyrrole nitrogens is 2. The predicted molar refractivity (Wildman–Crippen MR) is 137 cm³/mol. The molecule has 9 heteroatoms. The van der Waals surface area contributed by atoms with Gasteiger partial charge in [-0.25, -0.2) is 0 Å². The second-order valence-electron chi connectivity index (χ2n) is 8.75. The van der Waals surface area contributed by atoms with Gasteiger partial charge in [-0.2, -0.15) is 0 Å². The highest BCUT2D eigenvalue weighted by Gasteiger charge is 2.40. The van der Waals surface area contributed by atoms with Crippen LogP contribution in [-0.2, 0) is 21.6 Å². The molecule has 0 amide bonds. The molecule has 0 fully saturated rings. The van der Waals surface area contributed by atoms with E-state index in [1.807, 2.05) is 0 Å². The number of aryl methyl sites for hydroxylation is 1. The maximum atomic E-state index is 13.0. The molecule has 1 unspecified atom stereocenters. The lowest BCUT2D eigenvalue weighted by molar-refractivity contribution is -0.503. The molecule has 1 atom stereocenters. The zero-order chi connectivity index (χ0) is 24.3. The molecule has 2 aromatic heterocycles. The Hall–Kier alpha value is -2.10. The van der Waals surface area contributed by atoms with Gasteiger partial charge in [0.05, 0.1) is 29.3 Å². The van der Waals surface area contributed by atoms with E-state index in [9.17, 15) is 14.5 Å². The topological polar surface area (TPSA) is 97.9 Å². The van der Waals surface area contributed by atoms with Crippen molar-refractivity contribution >= 4 is 45.4 Å². The quantitative estimate of drug-likeness (QED) is 0.425. The molecule has 2 aromatic rings. The Morgan fingerprint density at radius 3 is 2.74 bits per heavy atom. The van der Waals surface area contributed by atoms with Crippen molar-refractivity contribution in [3.8, 4) is 0 Å². The van der Waals surface area contributed by atoms with Gasteiger partial charge in [-0.15, -0.1) is 0 Å². The van der Waals surface area contributed by atoms with Gasteiger partial charge in [0, 0.05) is 28.7 Å². The minimum Gasteiger partial charge on any atom is -0.368 e. The highest BCUT2D eigenvalue weighted by molar-refractivity contribution is 8.17. The van der Waals surface area contributed by atoms with E-state index in [1.54, 1.807) is 6.92 Å². The van der Waals surface area contributed by atoms with Crippen LogP contribution in [0.3, 0.4) is 0 Å². The Morgan fingerprint density at radius 1 is 1.21 bits per heavy atom. The maximum absolute atomic E-state index is 13.0. The predicted octanol–water partition coefficient (Wildman–Crippen LogP) is 3.10. The summed E-state index contributed by atoms with van der Waals surface area (Å²) in [5.74, 6) is 1.01. The number of hydrogen-bond donors (Lipinski definition) is 2. The second-order valence-corrected chi connectivity index (χ2v) is 11.0. The first-order chi connectivity index (χ1) is 16.4. The molecule has 3 heterocycles. The van der Waals surface area contributed by atoms with Gasteiger partial charge in [-0.05, 0) is 48.5 Å². The van der Waals surface area contributed by atoms with Crippen LogP contribution in [0.2, 0.25) is 0 Å². The molecule has 4 rings (SSSR count). The van der Waals surface area contributed by atoms with Crippen molar-refractivity contribution in [2.75, 3.05) is 18.1 Å². The van der Waals surface area contributed by atoms with Gasteiger partial charge < -0.3 is 14.7 Å². The minimum absolute atomic E-state index is 0.0679. The van der Waals surface area contributed by atoms with Gasteiger partial charge >= 0.3 is 0 Å². The van der Waals surface area contributed by atoms with Crippen molar-refractivity contribution in [3.63, 3.8) is 0 Å². The summed E-state index contributed by atoms with van der Waals surface area (Å²) in [6.45, 7) is 6.56. The van der Waals surface area contributed by atoms with Crippen molar-refractivity contribution in [1.29, 1.82) is 0 Å². The van der Waals surface area contributed by atoms with Crippen LogP contribution >= 0.6 is 23.5 Å². The summed E-state index contributed by atoms with van der Waals surface area (Å²) in [5, 5.41) is 2.42. The van der Waals surface area contributed by atoms with E-state index in [-0.39, 0.29) is 15.9 Å². The monoisotopic (exact) mass is 502 g/mol. The van der Waals surface area contributed by atoms with Gasteiger partial charge in [-0.1, -0.05) is 43.4 Å². The van der Waals surface area contributed by atoms with Crippen molar-refractivity contribution in [1.82, 2.24) is 9.97 Å². The van der Waals surface area contributed by atoms with Gasteiger partial charge in [0.25, 0.3) is 11.9 Å². The summed E-state index contributed by atoms with van der Waals surface area (Å²) in [7, 11) is 0. The van der Waals surface area contributed by atoms with E-state index in [4.69, 9.17) is 4.74 Å². The molecule has 2 N–H and O–H groups in total. The normalized spacial score (nSPS) is 19.3. The molecule has 0 radical (unpaired) electrons. The van der Waals surface area contributed by atoms with Gasteiger partial charge in [0.1, 0.15) is 5.60 Å². The van der Waals surface area contributed by atoms with Crippen molar-refractivity contribution in [2.45, 2.75) is 64.9 Å². The minimum atomic E-state index is -0.622. The Labute approximate surface area is 207 Å². The van der Waals surface area contributed by atoms with Crippen LogP contribution in [0.1, 0.15) is 73.4 Å². The van der Waals surface area contributed by atoms with E-state index in [0.29, 0.717) is 34.7 Å². The summed E-state index contributed by atoms with van der Waals surface area (Å²) < 4.78 is 6.97. The van der Waals surface area contributed by atoms with E-state index in [1.165, 1.54) is 45.9 Å². The number of nitrogens with one attached hydrogen (secondary N) is 2. The molecule has 34 heavy (non-hydrogen) atoms. The summed E-state index contributed by atoms with van der Waals surface area (Å²) in [6, 6.07) is 0. The summed E-state index contributed by atoms with van der Waals surface area (Å²) >= 11 is 2.35. The number of aromatic amines is 2. The number of ether oxygens (including phenoxy) is 1. The Bertz CT molecular complexity index is 1280. The molecule has 0 aromatic carbocycles. The van der Waals surface area contributed by atoms with E-state index in [2.05, 4.69) is 29.9 Å². The molecule has 0 spiro atoms. The smallest absolute Gasteiger partial charge is 0.256 e. The lowest BCUT2D eigenvalue weighted by atomic mass is 9.86. The number of rotatable bonds is 8. The summed E-state index contributed by atoms with van der Waals surface area (Å²) in [4.78, 5) is 43.5. The molecule has 1 aliphatic carbocycles. The van der Waals surface area contributed by atoms with E-state index >= 15 is 0 Å². The number of fused-ring (bicyclic) bond motifs is 3. The number of aromatic nitrogens is 3. The lowest BCUT2D eigenvalue weighted by Crippen LogP contribution is -2.38. The third-order valence-electron chi connectivity index (χ3n) is 6.74. The van der Waals surface area contributed by atoms with Crippen LogP contribution < -0.4 is 15.0 Å². The number of nitrogens with zero attached hydrogens (tertiary/aromatic N) is 1. The van der Waals surface area contributed by atoms with Crippen molar-refractivity contribution in [2.24, 2.45) is 0 Å². The van der Waals surface area contributed by atoms with E-state index in [0.717, 1.165) is 49.6 Å². The number of carbonyl (C=O) groups excluding carboxylic acids is 2. The molecule has 1 aliphatic heterocycles. The Balaban J connectivity index is 1.40. The van der Waals surface area contributed by atoms with Gasteiger partial charge in [-0.3, -0.25) is 9.59 Å². The average molecular weight is 503 g/mol.